The molecule has 0 radical (unpaired) electrons. The van der Waals surface area contributed by atoms with Crippen LogP contribution in [0.5, 0.6) is 0 Å². The number of amides is 1. The first-order chi connectivity index (χ1) is 12.0. The van der Waals surface area contributed by atoms with Gasteiger partial charge in [-0.25, -0.2) is 8.42 Å². The first-order valence-electron chi connectivity index (χ1n) is 8.55. The fourth-order valence-corrected chi connectivity index (χ4v) is 3.78. The number of nitrogens with zero attached hydrogens (tertiary/aromatic N) is 1. The molecule has 0 aromatic heterocycles. The minimum Gasteiger partial charge on any atom is -0.456 e. The summed E-state index contributed by atoms with van der Waals surface area (Å²) in [6.07, 6.45) is 0.206. The second-order valence-corrected chi connectivity index (χ2v) is 9.00. The molecule has 0 heterocycles. The van der Waals surface area contributed by atoms with Crippen LogP contribution in [0, 0.1) is 5.41 Å². The van der Waals surface area contributed by atoms with E-state index in [0.717, 1.165) is 0 Å². The quantitative estimate of drug-likeness (QED) is 0.696. The molecule has 1 aromatic carbocycles. The Kier molecular flexibility index (Phi) is 7.77. The molecule has 0 saturated carbocycles. The van der Waals surface area contributed by atoms with Gasteiger partial charge in [-0.3, -0.25) is 9.59 Å². The standard InChI is InChI=1S/C18H28N2O5S/c1-6-20(7-2)26(23,24)15-10-8-9-14(11-15)19-16(21)13-25-17(22)12-18(3,4)5/h8-11H,6-7,12-13H2,1-5H3,(H,19,21). The van der Waals surface area contributed by atoms with Crippen molar-refractivity contribution >= 4 is 27.6 Å². The third kappa shape index (κ3) is 6.76. The van der Waals surface area contributed by atoms with Gasteiger partial charge >= 0.3 is 5.97 Å². The van der Waals surface area contributed by atoms with E-state index in [1.807, 2.05) is 20.8 Å². The molecule has 1 N–H and O–H groups in total. The molecule has 0 aliphatic carbocycles. The minimum atomic E-state index is -3.61. The van der Waals surface area contributed by atoms with Gasteiger partial charge in [0.15, 0.2) is 6.61 Å². The van der Waals surface area contributed by atoms with E-state index in [-0.39, 0.29) is 16.7 Å². The van der Waals surface area contributed by atoms with Gasteiger partial charge in [0.25, 0.3) is 5.91 Å². The van der Waals surface area contributed by atoms with Gasteiger partial charge in [-0.15, -0.1) is 0 Å². The summed E-state index contributed by atoms with van der Waals surface area (Å²) in [4.78, 5) is 23.7. The SMILES string of the molecule is CCN(CC)S(=O)(=O)c1cccc(NC(=O)COC(=O)CC(C)(C)C)c1. The molecule has 0 bridgehead atoms. The zero-order valence-corrected chi connectivity index (χ0v) is 16.9. The van der Waals surface area contributed by atoms with Crippen LogP contribution in [0.2, 0.25) is 0 Å². The molecule has 1 amide bonds. The number of hydrogen-bond acceptors (Lipinski definition) is 5. The van der Waals surface area contributed by atoms with Crippen LogP contribution in [0.25, 0.3) is 0 Å². The molecule has 0 aliphatic rings. The highest BCUT2D eigenvalue weighted by molar-refractivity contribution is 7.89. The first kappa shape index (κ1) is 22.1. The Hall–Kier alpha value is -1.93. The third-order valence-corrected chi connectivity index (χ3v) is 5.55. The molecule has 7 nitrogen and oxygen atoms in total. The fourth-order valence-electron chi connectivity index (χ4n) is 2.27. The maximum Gasteiger partial charge on any atom is 0.306 e. The maximum absolute atomic E-state index is 12.5. The van der Waals surface area contributed by atoms with E-state index >= 15 is 0 Å². The number of sulfonamides is 1. The maximum atomic E-state index is 12.5. The van der Waals surface area contributed by atoms with Crippen molar-refractivity contribution < 1.29 is 22.7 Å². The highest BCUT2D eigenvalue weighted by atomic mass is 32.2. The Morgan fingerprint density at radius 1 is 1.15 bits per heavy atom. The number of esters is 1. The largest absolute Gasteiger partial charge is 0.456 e. The van der Waals surface area contributed by atoms with Crippen LogP contribution < -0.4 is 5.32 Å². The van der Waals surface area contributed by atoms with Gasteiger partial charge in [-0.05, 0) is 23.6 Å². The lowest BCUT2D eigenvalue weighted by atomic mass is 9.92. The Morgan fingerprint density at radius 2 is 1.77 bits per heavy atom. The lowest BCUT2D eigenvalue weighted by molar-refractivity contribution is -0.149. The van der Waals surface area contributed by atoms with Gasteiger partial charge < -0.3 is 10.1 Å². The van der Waals surface area contributed by atoms with Crippen molar-refractivity contribution in [2.24, 2.45) is 5.41 Å². The molecule has 0 saturated heterocycles. The van der Waals surface area contributed by atoms with Gasteiger partial charge in [0.05, 0.1) is 11.3 Å². The van der Waals surface area contributed by atoms with Crippen molar-refractivity contribution in [3.63, 3.8) is 0 Å². The number of rotatable bonds is 8. The fraction of sp³-hybridized carbons (Fsp3) is 0.556. The highest BCUT2D eigenvalue weighted by Gasteiger charge is 2.22. The number of carbonyl (C=O) groups is 2. The third-order valence-electron chi connectivity index (χ3n) is 3.50. The average Bonchev–Trinajstić information content (AvgIpc) is 2.52. The normalized spacial score (nSPS) is 12.1. The Morgan fingerprint density at radius 3 is 2.31 bits per heavy atom. The molecule has 1 aromatic rings. The summed E-state index contributed by atoms with van der Waals surface area (Å²) in [5, 5.41) is 2.55. The van der Waals surface area contributed by atoms with E-state index < -0.39 is 28.5 Å². The molecule has 0 spiro atoms. The minimum absolute atomic E-state index is 0.101. The van der Waals surface area contributed by atoms with Gasteiger partial charge in [-0.2, -0.15) is 4.31 Å². The van der Waals surface area contributed by atoms with Crippen LogP contribution in [-0.2, 0) is 24.3 Å². The molecule has 8 heteroatoms. The summed E-state index contributed by atoms with van der Waals surface area (Å²) < 4.78 is 31.3. The van der Waals surface area contributed by atoms with Crippen LogP contribution >= 0.6 is 0 Å². The van der Waals surface area contributed by atoms with Gasteiger partial charge in [0.2, 0.25) is 10.0 Å². The molecular weight excluding hydrogens is 356 g/mol. The van der Waals surface area contributed by atoms with E-state index in [0.29, 0.717) is 18.8 Å². The van der Waals surface area contributed by atoms with Crippen molar-refractivity contribution in [3.8, 4) is 0 Å². The van der Waals surface area contributed by atoms with Crippen LogP contribution in [0.3, 0.4) is 0 Å². The summed E-state index contributed by atoms with van der Waals surface area (Å²) >= 11 is 0. The number of benzene rings is 1. The Bertz CT molecular complexity index is 734. The van der Waals surface area contributed by atoms with E-state index in [1.165, 1.54) is 16.4 Å². The van der Waals surface area contributed by atoms with Crippen molar-refractivity contribution in [2.45, 2.75) is 45.9 Å². The molecule has 146 valence electrons. The van der Waals surface area contributed by atoms with Crippen molar-refractivity contribution in [1.29, 1.82) is 0 Å². The summed E-state index contributed by atoms with van der Waals surface area (Å²) in [5.41, 5.74) is 0.107. The Labute approximate surface area is 155 Å². The number of nitrogens with one attached hydrogen (secondary N) is 1. The van der Waals surface area contributed by atoms with E-state index in [2.05, 4.69) is 5.32 Å². The molecule has 0 atom stereocenters. The monoisotopic (exact) mass is 384 g/mol. The molecule has 0 aliphatic heterocycles. The topological polar surface area (TPSA) is 92.8 Å². The number of hydrogen-bond donors (Lipinski definition) is 1. The summed E-state index contributed by atoms with van der Waals surface area (Å²) in [5.74, 6) is -0.977. The van der Waals surface area contributed by atoms with Crippen molar-refractivity contribution in [2.75, 3.05) is 25.0 Å². The van der Waals surface area contributed by atoms with Gasteiger partial charge in [0.1, 0.15) is 0 Å². The smallest absolute Gasteiger partial charge is 0.306 e. The van der Waals surface area contributed by atoms with E-state index in [1.54, 1.807) is 26.0 Å². The predicted octanol–water partition coefficient (Wildman–Crippen LogP) is 2.64. The molecule has 0 unspecified atom stereocenters. The molecule has 26 heavy (non-hydrogen) atoms. The zero-order valence-electron chi connectivity index (χ0n) is 16.0. The molecule has 0 fully saturated rings. The van der Waals surface area contributed by atoms with Crippen LogP contribution in [0.4, 0.5) is 5.69 Å². The van der Waals surface area contributed by atoms with Crippen LogP contribution in [0.15, 0.2) is 29.2 Å². The van der Waals surface area contributed by atoms with Crippen LogP contribution in [-0.4, -0.2) is 44.3 Å². The van der Waals surface area contributed by atoms with E-state index in [9.17, 15) is 18.0 Å². The molecular formula is C18H28N2O5S. The Balaban J connectivity index is 2.75. The van der Waals surface area contributed by atoms with E-state index in [4.69, 9.17) is 4.74 Å². The second-order valence-electron chi connectivity index (χ2n) is 7.06. The predicted molar refractivity (Wildman–Crippen MR) is 100 cm³/mol. The van der Waals surface area contributed by atoms with Gasteiger partial charge in [-0.1, -0.05) is 40.7 Å². The first-order valence-corrected chi connectivity index (χ1v) is 9.99. The highest BCUT2D eigenvalue weighted by Crippen LogP contribution is 2.20. The second kappa shape index (κ2) is 9.14. The van der Waals surface area contributed by atoms with Crippen LogP contribution in [0.1, 0.15) is 41.0 Å². The number of anilines is 1. The zero-order chi connectivity index (χ0) is 20.0. The number of ether oxygens (including phenoxy) is 1. The lowest BCUT2D eigenvalue weighted by Gasteiger charge is -2.19. The summed E-state index contributed by atoms with van der Waals surface area (Å²) in [7, 11) is -3.61. The summed E-state index contributed by atoms with van der Waals surface area (Å²) in [6, 6.07) is 6.00. The van der Waals surface area contributed by atoms with Gasteiger partial charge in [0, 0.05) is 18.8 Å². The van der Waals surface area contributed by atoms with Crippen molar-refractivity contribution in [3.05, 3.63) is 24.3 Å². The number of carbonyl (C=O) groups excluding carboxylic acids is 2. The summed E-state index contributed by atoms with van der Waals surface area (Å²) in [6.45, 7) is 9.53. The lowest BCUT2D eigenvalue weighted by Crippen LogP contribution is -2.30. The molecule has 1 rings (SSSR count). The van der Waals surface area contributed by atoms with Crippen molar-refractivity contribution in [1.82, 2.24) is 4.31 Å². The average molecular weight is 384 g/mol.